The van der Waals surface area contributed by atoms with Crippen LogP contribution in [-0.2, 0) is 6.54 Å². The Bertz CT molecular complexity index is 780. The maximum absolute atomic E-state index is 9.28. The molecule has 1 aromatic heterocycles. The van der Waals surface area contributed by atoms with Crippen molar-refractivity contribution in [3.8, 4) is 11.8 Å². The van der Waals surface area contributed by atoms with Crippen LogP contribution in [0.15, 0.2) is 48.7 Å². The molecule has 92 valence electrons. The molecular weight excluding hydrogens is 236 g/mol. The molecule has 0 unspecified atom stereocenters. The van der Waals surface area contributed by atoms with Gasteiger partial charge in [-0.25, -0.2) is 4.68 Å². The van der Waals surface area contributed by atoms with E-state index >= 15 is 0 Å². The van der Waals surface area contributed by atoms with Gasteiger partial charge < -0.3 is 5.73 Å². The number of nitrogens with zero attached hydrogens (tertiary/aromatic N) is 3. The van der Waals surface area contributed by atoms with Gasteiger partial charge in [0, 0.05) is 11.9 Å². The number of hydrogen-bond acceptors (Lipinski definition) is 3. The molecule has 0 fully saturated rings. The Balaban J connectivity index is 2.25. The topological polar surface area (TPSA) is 67.6 Å². The van der Waals surface area contributed by atoms with Crippen LogP contribution in [-0.4, -0.2) is 9.78 Å². The van der Waals surface area contributed by atoms with Crippen LogP contribution in [0.5, 0.6) is 0 Å². The molecule has 0 radical (unpaired) electrons. The van der Waals surface area contributed by atoms with Crippen LogP contribution in [0.25, 0.3) is 16.6 Å². The maximum atomic E-state index is 9.28. The van der Waals surface area contributed by atoms with E-state index in [1.54, 1.807) is 10.9 Å². The highest BCUT2D eigenvalue weighted by Crippen LogP contribution is 2.21. The summed E-state index contributed by atoms with van der Waals surface area (Å²) < 4.78 is 1.79. The lowest BCUT2D eigenvalue weighted by molar-refractivity contribution is 0.904. The van der Waals surface area contributed by atoms with Crippen molar-refractivity contribution in [2.75, 3.05) is 0 Å². The molecule has 0 spiro atoms. The molecule has 2 aromatic carbocycles. The number of fused-ring (bicyclic) bond motifs is 1. The molecule has 2 N–H and O–H groups in total. The smallest absolute Gasteiger partial charge is 0.101 e. The molecule has 0 atom stereocenters. The molecule has 0 amide bonds. The molecule has 3 aromatic rings. The first-order valence-electron chi connectivity index (χ1n) is 5.99. The molecule has 1 heterocycles. The summed E-state index contributed by atoms with van der Waals surface area (Å²) in [5, 5.41) is 14.7. The van der Waals surface area contributed by atoms with Gasteiger partial charge in [0.05, 0.1) is 23.0 Å². The van der Waals surface area contributed by atoms with Gasteiger partial charge in [-0.15, -0.1) is 0 Å². The lowest BCUT2D eigenvalue weighted by Gasteiger charge is -2.07. The molecule has 0 bridgehead atoms. The maximum Gasteiger partial charge on any atom is 0.101 e. The van der Waals surface area contributed by atoms with Gasteiger partial charge >= 0.3 is 0 Å². The van der Waals surface area contributed by atoms with Crippen molar-refractivity contribution in [1.29, 1.82) is 5.26 Å². The Morgan fingerprint density at radius 2 is 2.05 bits per heavy atom. The second-order valence-electron chi connectivity index (χ2n) is 4.28. The minimum Gasteiger partial charge on any atom is -0.326 e. The molecule has 4 nitrogen and oxygen atoms in total. The second kappa shape index (κ2) is 4.56. The molecule has 0 saturated carbocycles. The van der Waals surface area contributed by atoms with Crippen LogP contribution in [0.4, 0.5) is 0 Å². The summed E-state index contributed by atoms with van der Waals surface area (Å²) >= 11 is 0. The van der Waals surface area contributed by atoms with E-state index in [0.717, 1.165) is 22.2 Å². The van der Waals surface area contributed by atoms with Gasteiger partial charge in [0.2, 0.25) is 0 Å². The van der Waals surface area contributed by atoms with E-state index < -0.39 is 0 Å². The van der Waals surface area contributed by atoms with Crippen molar-refractivity contribution in [2.24, 2.45) is 5.73 Å². The summed E-state index contributed by atoms with van der Waals surface area (Å²) in [5.74, 6) is 0. The highest BCUT2D eigenvalue weighted by molar-refractivity contribution is 5.80. The minimum absolute atomic E-state index is 0.425. The zero-order chi connectivity index (χ0) is 13.2. The Morgan fingerprint density at radius 3 is 2.84 bits per heavy atom. The van der Waals surface area contributed by atoms with Crippen molar-refractivity contribution < 1.29 is 0 Å². The molecule has 19 heavy (non-hydrogen) atoms. The summed E-state index contributed by atoms with van der Waals surface area (Å²) in [6.45, 7) is 0.425. The van der Waals surface area contributed by atoms with Crippen molar-refractivity contribution in [2.45, 2.75) is 6.54 Å². The van der Waals surface area contributed by atoms with E-state index in [1.165, 1.54) is 0 Å². The average Bonchev–Trinajstić information content (AvgIpc) is 2.90. The Labute approximate surface area is 110 Å². The summed E-state index contributed by atoms with van der Waals surface area (Å²) in [5.41, 5.74) is 8.89. The SMILES string of the molecule is N#Cc1cc(CN)ccc1-n1ncc2ccccc21. The van der Waals surface area contributed by atoms with E-state index in [1.807, 2.05) is 42.5 Å². The number of nitriles is 1. The van der Waals surface area contributed by atoms with Gasteiger partial charge in [-0.05, 0) is 23.8 Å². The highest BCUT2D eigenvalue weighted by atomic mass is 15.3. The number of para-hydroxylation sites is 1. The molecule has 0 aliphatic heterocycles. The summed E-state index contributed by atoms with van der Waals surface area (Å²) in [6, 6.07) is 15.7. The Morgan fingerprint density at radius 1 is 1.21 bits per heavy atom. The van der Waals surface area contributed by atoms with Crippen LogP contribution < -0.4 is 5.73 Å². The van der Waals surface area contributed by atoms with Crippen molar-refractivity contribution in [1.82, 2.24) is 9.78 Å². The van der Waals surface area contributed by atoms with Crippen LogP contribution >= 0.6 is 0 Å². The molecule has 0 aliphatic rings. The van der Waals surface area contributed by atoms with Crippen molar-refractivity contribution in [3.05, 3.63) is 59.8 Å². The Kier molecular flexibility index (Phi) is 2.75. The fourth-order valence-electron chi connectivity index (χ4n) is 2.15. The van der Waals surface area contributed by atoms with Crippen LogP contribution in [0.1, 0.15) is 11.1 Å². The quantitative estimate of drug-likeness (QED) is 0.757. The van der Waals surface area contributed by atoms with E-state index in [-0.39, 0.29) is 0 Å². The zero-order valence-electron chi connectivity index (χ0n) is 10.2. The third-order valence-electron chi connectivity index (χ3n) is 3.12. The first-order valence-corrected chi connectivity index (χ1v) is 5.99. The van der Waals surface area contributed by atoms with Gasteiger partial charge in [0.15, 0.2) is 0 Å². The first kappa shape index (κ1) is 11.5. The van der Waals surface area contributed by atoms with Gasteiger partial charge in [0.25, 0.3) is 0 Å². The first-order chi connectivity index (χ1) is 9.33. The lowest BCUT2D eigenvalue weighted by Crippen LogP contribution is -2.02. The van der Waals surface area contributed by atoms with Crippen LogP contribution in [0.2, 0.25) is 0 Å². The summed E-state index contributed by atoms with van der Waals surface area (Å²) in [6.07, 6.45) is 1.80. The van der Waals surface area contributed by atoms with Crippen molar-refractivity contribution >= 4 is 10.9 Å². The van der Waals surface area contributed by atoms with E-state index in [4.69, 9.17) is 5.73 Å². The number of benzene rings is 2. The predicted molar refractivity (Wildman–Crippen MR) is 73.7 cm³/mol. The zero-order valence-corrected chi connectivity index (χ0v) is 10.2. The minimum atomic E-state index is 0.425. The van der Waals surface area contributed by atoms with Crippen molar-refractivity contribution in [3.63, 3.8) is 0 Å². The third-order valence-corrected chi connectivity index (χ3v) is 3.12. The number of aromatic nitrogens is 2. The molecule has 4 heteroatoms. The number of nitrogens with two attached hydrogens (primary N) is 1. The number of rotatable bonds is 2. The van der Waals surface area contributed by atoms with E-state index in [2.05, 4.69) is 11.2 Å². The monoisotopic (exact) mass is 248 g/mol. The molecule has 0 saturated heterocycles. The summed E-state index contributed by atoms with van der Waals surface area (Å²) in [4.78, 5) is 0. The fourth-order valence-corrected chi connectivity index (χ4v) is 2.15. The second-order valence-corrected chi connectivity index (χ2v) is 4.28. The third kappa shape index (κ3) is 1.86. The predicted octanol–water partition coefficient (Wildman–Crippen LogP) is 2.36. The number of hydrogen-bond donors (Lipinski definition) is 1. The normalized spacial score (nSPS) is 10.5. The average molecular weight is 248 g/mol. The van der Waals surface area contributed by atoms with Crippen LogP contribution in [0, 0.1) is 11.3 Å². The summed E-state index contributed by atoms with van der Waals surface area (Å²) in [7, 11) is 0. The van der Waals surface area contributed by atoms with Gasteiger partial charge in [-0.1, -0.05) is 24.3 Å². The molecular formula is C15H12N4. The Hall–Kier alpha value is -2.64. The largest absolute Gasteiger partial charge is 0.326 e. The standard InChI is InChI=1S/C15H12N4/c16-8-11-5-6-15(13(7-11)9-17)19-14-4-2-1-3-12(14)10-18-19/h1-7,10H,8,16H2. The highest BCUT2D eigenvalue weighted by Gasteiger charge is 2.09. The van der Waals surface area contributed by atoms with Gasteiger partial charge in [0.1, 0.15) is 6.07 Å². The molecule has 0 aliphatic carbocycles. The van der Waals surface area contributed by atoms with Gasteiger partial charge in [-0.3, -0.25) is 0 Å². The molecule has 3 rings (SSSR count). The fraction of sp³-hybridized carbons (Fsp3) is 0.0667. The van der Waals surface area contributed by atoms with Crippen LogP contribution in [0.3, 0.4) is 0 Å². The van der Waals surface area contributed by atoms with Gasteiger partial charge in [-0.2, -0.15) is 10.4 Å². The van der Waals surface area contributed by atoms with E-state index in [0.29, 0.717) is 12.1 Å². The van der Waals surface area contributed by atoms with E-state index in [9.17, 15) is 5.26 Å². The lowest BCUT2D eigenvalue weighted by atomic mass is 10.1.